The average Bonchev–Trinajstić information content (AvgIpc) is 3.26. The molecular weight excluding hydrogens is 398 g/mol. The molecule has 1 aromatic carbocycles. The monoisotopic (exact) mass is 433 g/mol. The molecule has 3 aliphatic heterocycles. The van der Waals surface area contributed by atoms with Crippen LogP contribution in [0.3, 0.4) is 0 Å². The van der Waals surface area contributed by atoms with Crippen molar-refractivity contribution in [2.24, 2.45) is 5.92 Å². The lowest BCUT2D eigenvalue weighted by molar-refractivity contribution is -0.141. The summed E-state index contributed by atoms with van der Waals surface area (Å²) in [5, 5.41) is 0. The number of nitrogens with zero attached hydrogens (tertiary/aromatic N) is 3. The summed E-state index contributed by atoms with van der Waals surface area (Å²) in [4.78, 5) is 19.4. The molecule has 0 saturated carbocycles. The first kappa shape index (κ1) is 22.2. The van der Waals surface area contributed by atoms with Gasteiger partial charge in [0.05, 0.1) is 14.2 Å². The number of hydrogen-bond donors (Lipinski definition) is 0. The van der Waals surface area contributed by atoms with Gasteiger partial charge in [0.25, 0.3) is 0 Å². The molecule has 2 atom stereocenters. The van der Waals surface area contributed by atoms with E-state index in [0.717, 1.165) is 75.7 Å². The molecule has 1 aromatic rings. The van der Waals surface area contributed by atoms with Gasteiger partial charge >= 0.3 is 5.97 Å². The van der Waals surface area contributed by atoms with Crippen LogP contribution in [0.5, 0.6) is 17.2 Å². The van der Waals surface area contributed by atoms with Gasteiger partial charge in [0.15, 0.2) is 11.5 Å². The van der Waals surface area contributed by atoms with E-state index >= 15 is 0 Å². The number of benzene rings is 1. The molecule has 0 radical (unpaired) electrons. The number of likely N-dealkylation sites (tertiary alicyclic amines) is 1. The molecule has 31 heavy (non-hydrogen) atoms. The third kappa shape index (κ3) is 5.25. The second kappa shape index (κ2) is 10.1. The summed E-state index contributed by atoms with van der Waals surface area (Å²) in [6.45, 7) is 7.53. The zero-order chi connectivity index (χ0) is 21.8. The van der Waals surface area contributed by atoms with Crippen molar-refractivity contribution in [3.63, 3.8) is 0 Å². The molecule has 0 aliphatic carbocycles. The van der Waals surface area contributed by atoms with Crippen LogP contribution in [0.15, 0.2) is 12.1 Å². The van der Waals surface area contributed by atoms with E-state index in [4.69, 9.17) is 18.9 Å². The van der Waals surface area contributed by atoms with Crippen LogP contribution < -0.4 is 14.2 Å². The van der Waals surface area contributed by atoms with Crippen LogP contribution in [0.2, 0.25) is 0 Å². The molecule has 2 saturated heterocycles. The largest absolute Gasteiger partial charge is 0.493 e. The van der Waals surface area contributed by atoms with Crippen LogP contribution >= 0.6 is 0 Å². The van der Waals surface area contributed by atoms with Gasteiger partial charge in [-0.25, -0.2) is 0 Å². The molecule has 0 aromatic heterocycles. The van der Waals surface area contributed by atoms with Crippen molar-refractivity contribution in [2.75, 3.05) is 67.3 Å². The van der Waals surface area contributed by atoms with Gasteiger partial charge in [-0.15, -0.1) is 0 Å². The Morgan fingerprint density at radius 2 is 1.94 bits per heavy atom. The summed E-state index contributed by atoms with van der Waals surface area (Å²) in [6.07, 6.45) is 2.47. The van der Waals surface area contributed by atoms with E-state index in [9.17, 15) is 4.79 Å². The number of ether oxygens (including phenoxy) is 4. The number of likely N-dealkylation sites (N-methyl/N-ethyl adjacent to an activating group) is 1. The number of hydrogen-bond acceptors (Lipinski definition) is 8. The number of piperazine rings is 1. The van der Waals surface area contributed by atoms with Crippen LogP contribution in [0.1, 0.15) is 24.8 Å². The van der Waals surface area contributed by atoms with Crippen molar-refractivity contribution >= 4 is 5.97 Å². The van der Waals surface area contributed by atoms with Crippen LogP contribution in [-0.2, 0) is 16.1 Å². The Hall–Kier alpha value is -2.03. The topological polar surface area (TPSA) is 63.7 Å². The summed E-state index contributed by atoms with van der Waals surface area (Å²) >= 11 is 0. The minimum absolute atomic E-state index is 0.116. The molecule has 2 fully saturated rings. The Kier molecular flexibility index (Phi) is 7.20. The van der Waals surface area contributed by atoms with E-state index in [1.807, 2.05) is 6.07 Å². The maximum absolute atomic E-state index is 11.8. The van der Waals surface area contributed by atoms with E-state index in [1.165, 1.54) is 7.11 Å². The lowest BCUT2D eigenvalue weighted by Crippen LogP contribution is -2.56. The molecule has 8 nitrogen and oxygen atoms in total. The highest BCUT2D eigenvalue weighted by molar-refractivity contribution is 5.69. The summed E-state index contributed by atoms with van der Waals surface area (Å²) in [5.74, 6) is 2.50. The lowest BCUT2D eigenvalue weighted by Gasteiger charge is -2.46. The standard InChI is InChI=1S/C23H35N3O5/c1-24-8-10-26(11-9-24)19-6-7-25(15-18(19)4-5-22(27)29-3)14-17-12-20(28-2)23-21(13-17)30-16-31-23/h12-13,18-19H,4-11,14-16H2,1-3H3/t18-,19+/m0/s1. The van der Waals surface area contributed by atoms with Crippen molar-refractivity contribution in [1.29, 1.82) is 0 Å². The maximum Gasteiger partial charge on any atom is 0.305 e. The molecule has 0 amide bonds. The third-order valence-electron chi connectivity index (χ3n) is 6.86. The van der Waals surface area contributed by atoms with Crippen LogP contribution in [0.25, 0.3) is 0 Å². The van der Waals surface area contributed by atoms with Crippen LogP contribution in [0, 0.1) is 5.92 Å². The number of piperidine rings is 1. The number of methoxy groups -OCH3 is 2. The Bertz CT molecular complexity index is 766. The predicted molar refractivity (Wildman–Crippen MR) is 117 cm³/mol. The van der Waals surface area contributed by atoms with Gasteiger partial charge < -0.3 is 23.8 Å². The molecule has 4 rings (SSSR count). The Morgan fingerprint density at radius 3 is 2.68 bits per heavy atom. The van der Waals surface area contributed by atoms with E-state index < -0.39 is 0 Å². The van der Waals surface area contributed by atoms with Crippen molar-refractivity contribution in [2.45, 2.75) is 31.8 Å². The smallest absolute Gasteiger partial charge is 0.305 e. The van der Waals surface area contributed by atoms with Gasteiger partial charge in [0, 0.05) is 51.7 Å². The van der Waals surface area contributed by atoms with Gasteiger partial charge in [-0.3, -0.25) is 14.6 Å². The fraction of sp³-hybridized carbons (Fsp3) is 0.696. The van der Waals surface area contributed by atoms with Crippen molar-refractivity contribution in [3.8, 4) is 17.2 Å². The molecule has 0 spiro atoms. The zero-order valence-electron chi connectivity index (χ0n) is 19.0. The number of carbonyl (C=O) groups excluding carboxylic acids is 1. The number of fused-ring (bicyclic) bond motifs is 1. The first-order chi connectivity index (χ1) is 15.1. The third-order valence-corrected chi connectivity index (χ3v) is 6.86. The molecule has 8 heteroatoms. The highest BCUT2D eigenvalue weighted by Crippen LogP contribution is 2.42. The molecule has 3 aliphatic rings. The van der Waals surface area contributed by atoms with Crippen molar-refractivity contribution < 1.29 is 23.7 Å². The SMILES string of the molecule is COC(=O)CC[C@H]1CN(Cc2cc(OC)c3c(c2)OCO3)CC[C@H]1N1CCN(C)CC1. The van der Waals surface area contributed by atoms with E-state index in [-0.39, 0.29) is 12.8 Å². The molecule has 172 valence electrons. The summed E-state index contributed by atoms with van der Waals surface area (Å²) < 4.78 is 21.5. The second-order valence-corrected chi connectivity index (χ2v) is 8.84. The number of carbonyl (C=O) groups is 1. The highest BCUT2D eigenvalue weighted by atomic mass is 16.7. The first-order valence-corrected chi connectivity index (χ1v) is 11.3. The predicted octanol–water partition coefficient (Wildman–Crippen LogP) is 1.82. The Morgan fingerprint density at radius 1 is 1.13 bits per heavy atom. The van der Waals surface area contributed by atoms with Crippen molar-refractivity contribution in [1.82, 2.24) is 14.7 Å². The van der Waals surface area contributed by atoms with Crippen LogP contribution in [0.4, 0.5) is 0 Å². The molecule has 0 N–H and O–H groups in total. The van der Waals surface area contributed by atoms with E-state index in [1.54, 1.807) is 7.11 Å². The minimum Gasteiger partial charge on any atom is -0.493 e. The van der Waals surface area contributed by atoms with Gasteiger partial charge in [0.1, 0.15) is 0 Å². The second-order valence-electron chi connectivity index (χ2n) is 8.84. The normalized spacial score (nSPS) is 24.9. The maximum atomic E-state index is 11.8. The summed E-state index contributed by atoms with van der Waals surface area (Å²) in [6, 6.07) is 4.63. The van der Waals surface area contributed by atoms with Gasteiger partial charge in [-0.2, -0.15) is 0 Å². The Balaban J connectivity index is 1.43. The van der Waals surface area contributed by atoms with Crippen LogP contribution in [-0.4, -0.2) is 94.0 Å². The number of esters is 1. The molecular formula is C23H35N3O5. The quantitative estimate of drug-likeness (QED) is 0.604. The van der Waals surface area contributed by atoms with Gasteiger partial charge in [0.2, 0.25) is 12.5 Å². The molecule has 0 unspecified atom stereocenters. The first-order valence-electron chi connectivity index (χ1n) is 11.3. The lowest BCUT2D eigenvalue weighted by atomic mass is 9.86. The average molecular weight is 434 g/mol. The van der Waals surface area contributed by atoms with E-state index in [2.05, 4.69) is 27.8 Å². The number of rotatable bonds is 7. The molecule has 3 heterocycles. The fourth-order valence-electron chi connectivity index (χ4n) is 5.10. The van der Waals surface area contributed by atoms with Gasteiger partial charge in [-0.05, 0) is 50.0 Å². The molecule has 0 bridgehead atoms. The zero-order valence-corrected chi connectivity index (χ0v) is 19.0. The highest BCUT2D eigenvalue weighted by Gasteiger charge is 2.35. The minimum atomic E-state index is -0.116. The Labute approximate surface area is 185 Å². The fourth-order valence-corrected chi connectivity index (χ4v) is 5.10. The summed E-state index contributed by atoms with van der Waals surface area (Å²) in [7, 11) is 5.32. The summed E-state index contributed by atoms with van der Waals surface area (Å²) in [5.41, 5.74) is 1.16. The van der Waals surface area contributed by atoms with E-state index in [0.29, 0.717) is 24.1 Å². The van der Waals surface area contributed by atoms with Gasteiger partial charge in [-0.1, -0.05) is 0 Å². The van der Waals surface area contributed by atoms with Crippen molar-refractivity contribution in [3.05, 3.63) is 17.7 Å².